The van der Waals surface area contributed by atoms with E-state index in [-0.39, 0.29) is 31.3 Å². The van der Waals surface area contributed by atoms with Crippen molar-refractivity contribution in [2.75, 3.05) is 18.1 Å². The molecule has 0 spiro atoms. The van der Waals surface area contributed by atoms with Crippen LogP contribution in [0.2, 0.25) is 0 Å². The van der Waals surface area contributed by atoms with E-state index in [9.17, 15) is 14.4 Å². The fraction of sp³-hybridized carbons (Fsp3) is 0.316. The Morgan fingerprint density at radius 1 is 1.24 bits per heavy atom. The molecule has 0 bridgehead atoms. The molecule has 130 valence electrons. The number of amides is 1. The average molecular weight is 340 g/mol. The maximum Gasteiger partial charge on any atom is 0.311 e. The van der Waals surface area contributed by atoms with Crippen molar-refractivity contribution in [1.82, 2.24) is 4.98 Å². The SMILES string of the molecule is CCc1ccc(N2C[C@@H](C(=O)OCC(=O)c3ccc[nH]3)CC2=O)cc1. The molecule has 1 saturated heterocycles. The van der Waals surface area contributed by atoms with Gasteiger partial charge in [-0.15, -0.1) is 0 Å². The molecule has 1 aliphatic heterocycles. The number of nitrogens with zero attached hydrogens (tertiary/aromatic N) is 1. The van der Waals surface area contributed by atoms with Crippen LogP contribution in [0.3, 0.4) is 0 Å². The van der Waals surface area contributed by atoms with Crippen molar-refractivity contribution in [3.8, 4) is 0 Å². The molecular weight excluding hydrogens is 320 g/mol. The summed E-state index contributed by atoms with van der Waals surface area (Å²) < 4.78 is 5.09. The second-order valence-electron chi connectivity index (χ2n) is 6.04. The molecule has 1 aromatic carbocycles. The Kier molecular flexibility index (Phi) is 4.97. The van der Waals surface area contributed by atoms with E-state index in [4.69, 9.17) is 4.74 Å². The summed E-state index contributed by atoms with van der Waals surface area (Å²) in [7, 11) is 0. The van der Waals surface area contributed by atoms with Crippen molar-refractivity contribution >= 4 is 23.3 Å². The number of benzene rings is 1. The molecule has 2 aromatic rings. The highest BCUT2D eigenvalue weighted by Crippen LogP contribution is 2.26. The van der Waals surface area contributed by atoms with Crippen molar-refractivity contribution in [2.24, 2.45) is 5.92 Å². The minimum absolute atomic E-state index is 0.102. The summed E-state index contributed by atoms with van der Waals surface area (Å²) >= 11 is 0. The zero-order valence-electron chi connectivity index (χ0n) is 14.0. The molecule has 0 saturated carbocycles. The number of carbonyl (C=O) groups is 3. The van der Waals surface area contributed by atoms with Gasteiger partial charge in [0, 0.05) is 24.8 Å². The zero-order chi connectivity index (χ0) is 17.8. The first-order valence-electron chi connectivity index (χ1n) is 8.31. The van der Waals surface area contributed by atoms with Gasteiger partial charge in [-0.25, -0.2) is 0 Å². The van der Waals surface area contributed by atoms with Crippen LogP contribution in [0.5, 0.6) is 0 Å². The first kappa shape index (κ1) is 17.0. The van der Waals surface area contributed by atoms with Crippen LogP contribution >= 0.6 is 0 Å². The minimum atomic E-state index is -0.546. The van der Waals surface area contributed by atoms with Crippen LogP contribution in [0.4, 0.5) is 5.69 Å². The van der Waals surface area contributed by atoms with Gasteiger partial charge in [0.1, 0.15) is 0 Å². The number of hydrogen-bond donors (Lipinski definition) is 1. The number of hydrogen-bond acceptors (Lipinski definition) is 4. The monoisotopic (exact) mass is 340 g/mol. The first-order chi connectivity index (χ1) is 12.1. The van der Waals surface area contributed by atoms with Crippen molar-refractivity contribution in [3.63, 3.8) is 0 Å². The van der Waals surface area contributed by atoms with Crippen LogP contribution in [0.15, 0.2) is 42.6 Å². The fourth-order valence-corrected chi connectivity index (χ4v) is 2.86. The number of carbonyl (C=O) groups excluding carboxylic acids is 3. The Labute approximate surface area is 145 Å². The van der Waals surface area contributed by atoms with Crippen molar-refractivity contribution in [1.29, 1.82) is 0 Å². The lowest BCUT2D eigenvalue weighted by Crippen LogP contribution is -2.27. The Morgan fingerprint density at radius 2 is 2.00 bits per heavy atom. The van der Waals surface area contributed by atoms with E-state index in [1.54, 1.807) is 23.2 Å². The van der Waals surface area contributed by atoms with Gasteiger partial charge in [-0.05, 0) is 36.2 Å². The molecule has 1 fully saturated rings. The van der Waals surface area contributed by atoms with Gasteiger partial charge in [0.25, 0.3) is 0 Å². The van der Waals surface area contributed by atoms with E-state index < -0.39 is 11.9 Å². The maximum absolute atomic E-state index is 12.2. The van der Waals surface area contributed by atoms with Crippen LogP contribution in [-0.2, 0) is 20.7 Å². The molecule has 0 aliphatic carbocycles. The van der Waals surface area contributed by atoms with Crippen LogP contribution in [-0.4, -0.2) is 35.8 Å². The van der Waals surface area contributed by atoms with Gasteiger partial charge < -0.3 is 14.6 Å². The number of ether oxygens (including phenoxy) is 1. The van der Waals surface area contributed by atoms with Crippen molar-refractivity contribution in [3.05, 3.63) is 53.9 Å². The minimum Gasteiger partial charge on any atom is -0.457 e. The topological polar surface area (TPSA) is 79.5 Å². The number of esters is 1. The van der Waals surface area contributed by atoms with Gasteiger partial charge in [0.2, 0.25) is 11.7 Å². The number of aromatic amines is 1. The molecule has 1 atom stereocenters. The van der Waals surface area contributed by atoms with E-state index in [1.165, 1.54) is 5.56 Å². The second-order valence-corrected chi connectivity index (χ2v) is 6.04. The Balaban J connectivity index is 1.57. The number of anilines is 1. The number of aryl methyl sites for hydroxylation is 1. The fourth-order valence-electron chi connectivity index (χ4n) is 2.86. The van der Waals surface area contributed by atoms with E-state index in [2.05, 4.69) is 11.9 Å². The average Bonchev–Trinajstić information content (AvgIpc) is 3.29. The number of H-pyrrole nitrogens is 1. The highest BCUT2D eigenvalue weighted by molar-refractivity contribution is 6.00. The van der Waals surface area contributed by atoms with Crippen LogP contribution in [0.25, 0.3) is 0 Å². The number of ketones is 1. The number of Topliss-reactive ketones (excluding diaryl/α,β-unsaturated/α-hetero) is 1. The summed E-state index contributed by atoms with van der Waals surface area (Å²) in [6, 6.07) is 11.0. The van der Waals surface area contributed by atoms with E-state index in [0.717, 1.165) is 12.1 Å². The molecule has 6 heteroatoms. The third-order valence-electron chi connectivity index (χ3n) is 4.36. The molecule has 1 aromatic heterocycles. The lowest BCUT2D eigenvalue weighted by atomic mass is 10.1. The molecule has 1 amide bonds. The number of nitrogens with one attached hydrogen (secondary N) is 1. The number of aromatic nitrogens is 1. The molecule has 0 unspecified atom stereocenters. The summed E-state index contributed by atoms with van der Waals surface area (Å²) in [6.45, 7) is 2.02. The maximum atomic E-state index is 12.2. The highest BCUT2D eigenvalue weighted by atomic mass is 16.5. The van der Waals surface area contributed by atoms with Crippen LogP contribution in [0.1, 0.15) is 29.4 Å². The second kappa shape index (κ2) is 7.34. The van der Waals surface area contributed by atoms with Gasteiger partial charge in [0.15, 0.2) is 6.61 Å². The summed E-state index contributed by atoms with van der Waals surface area (Å²) in [5.74, 6) is -1.47. The standard InChI is InChI=1S/C19H20N2O4/c1-2-13-5-7-15(8-6-13)21-11-14(10-18(21)23)19(24)25-12-17(22)16-4-3-9-20-16/h3-9,14,20H,2,10-12H2,1H3/t14-/m0/s1. The first-order valence-corrected chi connectivity index (χ1v) is 8.31. The molecule has 1 aliphatic rings. The third kappa shape index (κ3) is 3.79. The van der Waals surface area contributed by atoms with Crippen molar-refractivity contribution in [2.45, 2.75) is 19.8 Å². The summed E-state index contributed by atoms with van der Waals surface area (Å²) in [6.07, 6.45) is 2.66. The lowest BCUT2D eigenvalue weighted by Gasteiger charge is -2.16. The smallest absolute Gasteiger partial charge is 0.311 e. The van der Waals surface area contributed by atoms with E-state index >= 15 is 0 Å². The molecule has 3 rings (SSSR count). The van der Waals surface area contributed by atoms with Crippen LogP contribution in [0, 0.1) is 5.92 Å². The van der Waals surface area contributed by atoms with Crippen molar-refractivity contribution < 1.29 is 19.1 Å². The predicted octanol–water partition coefficient (Wildman–Crippen LogP) is 2.36. The number of rotatable bonds is 6. The predicted molar refractivity (Wildman–Crippen MR) is 92.4 cm³/mol. The molecule has 2 heterocycles. The lowest BCUT2D eigenvalue weighted by molar-refractivity contribution is -0.147. The third-order valence-corrected chi connectivity index (χ3v) is 4.36. The Hall–Kier alpha value is -2.89. The molecular formula is C19H20N2O4. The summed E-state index contributed by atoms with van der Waals surface area (Å²) in [4.78, 5) is 40.6. The molecule has 1 N–H and O–H groups in total. The highest BCUT2D eigenvalue weighted by Gasteiger charge is 2.36. The van der Waals surface area contributed by atoms with E-state index in [1.807, 2.05) is 24.3 Å². The Bertz CT molecular complexity index is 765. The van der Waals surface area contributed by atoms with Gasteiger partial charge in [-0.3, -0.25) is 14.4 Å². The van der Waals surface area contributed by atoms with Gasteiger partial charge in [-0.1, -0.05) is 19.1 Å². The zero-order valence-corrected chi connectivity index (χ0v) is 14.0. The van der Waals surface area contributed by atoms with E-state index in [0.29, 0.717) is 5.69 Å². The Morgan fingerprint density at radius 3 is 2.64 bits per heavy atom. The largest absolute Gasteiger partial charge is 0.457 e. The normalized spacial score (nSPS) is 16.9. The van der Waals surface area contributed by atoms with Gasteiger partial charge in [0.05, 0.1) is 11.6 Å². The molecule has 25 heavy (non-hydrogen) atoms. The van der Waals surface area contributed by atoms with Gasteiger partial charge >= 0.3 is 5.97 Å². The molecule has 0 radical (unpaired) electrons. The summed E-state index contributed by atoms with van der Waals surface area (Å²) in [5, 5.41) is 0. The summed E-state index contributed by atoms with van der Waals surface area (Å²) in [5.41, 5.74) is 2.36. The van der Waals surface area contributed by atoms with Gasteiger partial charge in [-0.2, -0.15) is 0 Å². The quantitative estimate of drug-likeness (QED) is 0.647. The van der Waals surface area contributed by atoms with Crippen LogP contribution < -0.4 is 4.90 Å². The molecule has 6 nitrogen and oxygen atoms in total.